The number of hydrogen-bond donors (Lipinski definition) is 1. The highest BCUT2D eigenvalue weighted by molar-refractivity contribution is 7.99. The van der Waals surface area contributed by atoms with E-state index in [4.69, 9.17) is 4.74 Å². The van der Waals surface area contributed by atoms with Crippen molar-refractivity contribution in [3.63, 3.8) is 0 Å². The van der Waals surface area contributed by atoms with Gasteiger partial charge in [-0.05, 0) is 54.1 Å². The van der Waals surface area contributed by atoms with Crippen molar-refractivity contribution in [2.24, 2.45) is 0 Å². The molecule has 0 bridgehead atoms. The van der Waals surface area contributed by atoms with E-state index in [-0.39, 0.29) is 29.6 Å². The second kappa shape index (κ2) is 9.65. The number of fused-ring (bicyclic) bond motifs is 1. The van der Waals surface area contributed by atoms with E-state index >= 15 is 0 Å². The van der Waals surface area contributed by atoms with Crippen molar-refractivity contribution in [1.29, 1.82) is 0 Å². The Morgan fingerprint density at radius 3 is 2.50 bits per heavy atom. The summed E-state index contributed by atoms with van der Waals surface area (Å²) in [5.74, 6) is 0.199. The van der Waals surface area contributed by atoms with Gasteiger partial charge in [0.05, 0.1) is 29.5 Å². The lowest BCUT2D eigenvalue weighted by Crippen LogP contribution is -2.26. The largest absolute Gasteiger partial charge is 0.497 e. The number of benzene rings is 3. The first-order valence-corrected chi connectivity index (χ1v) is 10.8. The minimum Gasteiger partial charge on any atom is -0.497 e. The van der Waals surface area contributed by atoms with E-state index in [1.165, 1.54) is 28.5 Å². The van der Waals surface area contributed by atoms with Gasteiger partial charge in [0.1, 0.15) is 11.6 Å². The molecule has 4 aromatic rings. The Kier molecular flexibility index (Phi) is 6.51. The van der Waals surface area contributed by atoms with E-state index < -0.39 is 0 Å². The standard InChI is InChI=1S/C24H20FN3O3S/c1-31-19-12-10-18(11-13-19)28-23(30)20-4-2-3-5-21(20)27-24(28)32-15-22(29)26-14-16-6-8-17(25)9-7-16/h2-13H,14-15H2,1H3,(H,26,29). The van der Waals surface area contributed by atoms with E-state index in [9.17, 15) is 14.0 Å². The Labute approximate surface area is 188 Å². The lowest BCUT2D eigenvalue weighted by atomic mass is 10.2. The molecule has 0 saturated heterocycles. The molecule has 0 aliphatic rings. The number of aromatic nitrogens is 2. The molecule has 0 aliphatic heterocycles. The number of carbonyl (C=O) groups excluding carboxylic acids is 1. The van der Waals surface area contributed by atoms with Crippen LogP contribution in [-0.4, -0.2) is 28.3 Å². The van der Waals surface area contributed by atoms with Crippen LogP contribution in [0.25, 0.3) is 16.6 Å². The highest BCUT2D eigenvalue weighted by Crippen LogP contribution is 2.22. The molecule has 1 N–H and O–H groups in total. The fourth-order valence-corrected chi connectivity index (χ4v) is 3.99. The van der Waals surface area contributed by atoms with Crippen LogP contribution < -0.4 is 15.6 Å². The number of nitrogens with one attached hydrogen (secondary N) is 1. The van der Waals surface area contributed by atoms with Gasteiger partial charge in [-0.1, -0.05) is 36.0 Å². The summed E-state index contributed by atoms with van der Waals surface area (Å²) >= 11 is 1.18. The van der Waals surface area contributed by atoms with Gasteiger partial charge >= 0.3 is 0 Å². The van der Waals surface area contributed by atoms with Crippen molar-refractivity contribution in [1.82, 2.24) is 14.9 Å². The second-order valence-electron chi connectivity index (χ2n) is 6.94. The van der Waals surface area contributed by atoms with Crippen molar-refractivity contribution >= 4 is 28.6 Å². The van der Waals surface area contributed by atoms with Crippen LogP contribution in [0.1, 0.15) is 5.56 Å². The number of para-hydroxylation sites is 1. The first-order valence-electron chi connectivity index (χ1n) is 9.85. The van der Waals surface area contributed by atoms with Gasteiger partial charge in [-0.2, -0.15) is 0 Å². The number of rotatable bonds is 7. The Balaban J connectivity index is 1.58. The van der Waals surface area contributed by atoms with Crippen LogP contribution in [0.3, 0.4) is 0 Å². The van der Waals surface area contributed by atoms with E-state index in [2.05, 4.69) is 10.3 Å². The fraction of sp³-hybridized carbons (Fsp3) is 0.125. The Morgan fingerprint density at radius 2 is 1.78 bits per heavy atom. The summed E-state index contributed by atoms with van der Waals surface area (Å²) in [7, 11) is 1.57. The van der Waals surface area contributed by atoms with E-state index in [0.717, 1.165) is 5.56 Å². The van der Waals surface area contributed by atoms with Gasteiger partial charge < -0.3 is 10.1 Å². The van der Waals surface area contributed by atoms with Crippen LogP contribution in [0.2, 0.25) is 0 Å². The molecule has 0 fully saturated rings. The number of thioether (sulfide) groups is 1. The minimum atomic E-state index is -0.325. The third-order valence-corrected chi connectivity index (χ3v) is 5.75. The van der Waals surface area contributed by atoms with Crippen LogP contribution in [0.15, 0.2) is 82.7 Å². The summed E-state index contributed by atoms with van der Waals surface area (Å²) < 4.78 is 19.7. The molecule has 32 heavy (non-hydrogen) atoms. The summed E-state index contributed by atoms with van der Waals surface area (Å²) in [6, 6.07) is 20.1. The second-order valence-corrected chi connectivity index (χ2v) is 7.88. The maximum atomic E-state index is 13.2. The van der Waals surface area contributed by atoms with Crippen molar-refractivity contribution in [3.8, 4) is 11.4 Å². The molecule has 0 atom stereocenters. The number of carbonyl (C=O) groups is 1. The molecule has 0 saturated carbocycles. The number of amides is 1. The van der Waals surface area contributed by atoms with Crippen LogP contribution in [-0.2, 0) is 11.3 Å². The van der Waals surface area contributed by atoms with Crippen LogP contribution >= 0.6 is 11.8 Å². The Hall–Kier alpha value is -3.65. The molecule has 1 heterocycles. The van der Waals surface area contributed by atoms with Gasteiger partial charge in [-0.3, -0.25) is 14.2 Å². The molecule has 162 valence electrons. The third kappa shape index (κ3) is 4.81. The maximum Gasteiger partial charge on any atom is 0.266 e. The van der Waals surface area contributed by atoms with Gasteiger partial charge in [0.25, 0.3) is 5.56 Å². The molecule has 6 nitrogen and oxygen atoms in total. The fourth-order valence-electron chi connectivity index (χ4n) is 3.15. The number of methoxy groups -OCH3 is 1. The van der Waals surface area contributed by atoms with Crippen molar-refractivity contribution < 1.29 is 13.9 Å². The number of nitrogens with zero attached hydrogens (tertiary/aromatic N) is 2. The molecule has 8 heteroatoms. The molecular formula is C24H20FN3O3S. The van der Waals surface area contributed by atoms with Gasteiger partial charge in [-0.15, -0.1) is 0 Å². The van der Waals surface area contributed by atoms with E-state index in [0.29, 0.717) is 27.5 Å². The normalized spacial score (nSPS) is 10.8. The average Bonchev–Trinajstić information content (AvgIpc) is 2.82. The zero-order valence-electron chi connectivity index (χ0n) is 17.2. The summed E-state index contributed by atoms with van der Waals surface area (Å²) in [6.45, 7) is 0.288. The zero-order valence-corrected chi connectivity index (χ0v) is 18.1. The summed E-state index contributed by atoms with van der Waals surface area (Å²) in [5, 5.41) is 3.71. The van der Waals surface area contributed by atoms with Crippen molar-refractivity contribution in [2.75, 3.05) is 12.9 Å². The molecule has 0 spiro atoms. The lowest BCUT2D eigenvalue weighted by molar-refractivity contribution is -0.118. The van der Waals surface area contributed by atoms with E-state index in [1.54, 1.807) is 61.7 Å². The SMILES string of the molecule is COc1ccc(-n2c(SCC(=O)NCc3ccc(F)cc3)nc3ccccc3c2=O)cc1. The first-order chi connectivity index (χ1) is 15.5. The smallest absolute Gasteiger partial charge is 0.266 e. The quantitative estimate of drug-likeness (QED) is 0.342. The summed E-state index contributed by atoms with van der Waals surface area (Å²) in [4.78, 5) is 30.3. The highest BCUT2D eigenvalue weighted by Gasteiger charge is 2.15. The maximum absolute atomic E-state index is 13.2. The van der Waals surface area contributed by atoms with Crippen LogP contribution in [0, 0.1) is 5.82 Å². The summed E-state index contributed by atoms with van der Waals surface area (Å²) in [6.07, 6.45) is 0. The molecule has 4 rings (SSSR count). The predicted octanol–water partition coefficient (Wildman–Crippen LogP) is 3.94. The number of ether oxygens (including phenoxy) is 1. The topological polar surface area (TPSA) is 73.2 Å². The molecule has 1 amide bonds. The zero-order chi connectivity index (χ0) is 22.5. The highest BCUT2D eigenvalue weighted by atomic mass is 32.2. The molecule has 0 aliphatic carbocycles. The summed E-state index contributed by atoms with van der Waals surface area (Å²) in [5.41, 5.74) is 1.78. The number of hydrogen-bond acceptors (Lipinski definition) is 5. The average molecular weight is 450 g/mol. The third-order valence-electron chi connectivity index (χ3n) is 4.81. The number of halogens is 1. The monoisotopic (exact) mass is 449 g/mol. The molecule has 3 aromatic carbocycles. The van der Waals surface area contributed by atoms with Gasteiger partial charge in [0, 0.05) is 6.54 Å². The Morgan fingerprint density at radius 1 is 1.06 bits per heavy atom. The van der Waals surface area contributed by atoms with Crippen molar-refractivity contribution in [3.05, 3.63) is 94.5 Å². The van der Waals surface area contributed by atoms with Gasteiger partial charge in [-0.25, -0.2) is 9.37 Å². The van der Waals surface area contributed by atoms with Crippen LogP contribution in [0.5, 0.6) is 5.75 Å². The van der Waals surface area contributed by atoms with Crippen molar-refractivity contribution in [2.45, 2.75) is 11.7 Å². The lowest BCUT2D eigenvalue weighted by Gasteiger charge is -2.13. The van der Waals surface area contributed by atoms with Gasteiger partial charge in [0.15, 0.2) is 5.16 Å². The molecule has 0 unspecified atom stereocenters. The first kappa shape index (κ1) is 21.6. The minimum absolute atomic E-state index is 0.0716. The van der Waals surface area contributed by atoms with Gasteiger partial charge in [0.2, 0.25) is 5.91 Å². The van der Waals surface area contributed by atoms with Crippen LogP contribution in [0.4, 0.5) is 4.39 Å². The Bertz CT molecular complexity index is 1310. The molecular weight excluding hydrogens is 429 g/mol. The molecule has 0 radical (unpaired) electrons. The van der Waals surface area contributed by atoms with E-state index in [1.807, 2.05) is 6.07 Å². The molecule has 1 aromatic heterocycles. The predicted molar refractivity (Wildman–Crippen MR) is 123 cm³/mol.